The second-order valence-electron chi connectivity index (χ2n) is 5.57. The van der Waals surface area contributed by atoms with Crippen LogP contribution in [0.2, 0.25) is 0 Å². The molecule has 0 spiro atoms. The Kier molecular flexibility index (Phi) is 4.88. The average molecular weight is 330 g/mol. The van der Waals surface area contributed by atoms with E-state index in [1.807, 2.05) is 0 Å². The molecule has 1 aliphatic rings. The second kappa shape index (κ2) is 7.25. The first-order valence-electron chi connectivity index (χ1n) is 7.85. The molecule has 3 rings (SSSR count). The number of ether oxygens (including phenoxy) is 1. The van der Waals surface area contributed by atoms with Gasteiger partial charge in [0, 0.05) is 19.7 Å². The fourth-order valence-electron chi connectivity index (χ4n) is 2.82. The molecular weight excluding hydrogens is 311 g/mol. The van der Waals surface area contributed by atoms with E-state index >= 15 is 0 Å². The van der Waals surface area contributed by atoms with Crippen molar-refractivity contribution in [3.8, 4) is 5.75 Å². The summed E-state index contributed by atoms with van der Waals surface area (Å²) in [4.78, 5) is 22.9. The smallest absolute Gasteiger partial charge is 0.261 e. The number of rotatable bonds is 5. The molecule has 126 valence electrons. The first-order valence-corrected chi connectivity index (χ1v) is 7.85. The molecule has 0 bridgehead atoms. The van der Waals surface area contributed by atoms with Gasteiger partial charge in [-0.25, -0.2) is 9.37 Å². The van der Waals surface area contributed by atoms with Gasteiger partial charge in [0.1, 0.15) is 17.4 Å². The van der Waals surface area contributed by atoms with E-state index in [4.69, 9.17) is 4.74 Å². The summed E-state index contributed by atoms with van der Waals surface area (Å²) in [6, 6.07) is 5.66. The number of carbonyl (C=O) groups is 1. The van der Waals surface area contributed by atoms with Gasteiger partial charge in [0.25, 0.3) is 5.91 Å². The van der Waals surface area contributed by atoms with Crippen LogP contribution < -0.4 is 10.1 Å². The van der Waals surface area contributed by atoms with Crippen LogP contribution in [0.1, 0.15) is 24.6 Å². The third kappa shape index (κ3) is 3.61. The van der Waals surface area contributed by atoms with Crippen molar-refractivity contribution in [3.05, 3.63) is 48.2 Å². The van der Waals surface area contributed by atoms with Crippen molar-refractivity contribution in [3.63, 3.8) is 0 Å². The van der Waals surface area contributed by atoms with Gasteiger partial charge < -0.3 is 15.0 Å². The van der Waals surface area contributed by atoms with Crippen molar-refractivity contribution in [2.45, 2.75) is 18.9 Å². The monoisotopic (exact) mass is 330 g/mol. The highest BCUT2D eigenvalue weighted by Crippen LogP contribution is 2.31. The summed E-state index contributed by atoms with van der Waals surface area (Å²) in [5.41, 5.74) is 0.762. The van der Waals surface area contributed by atoms with E-state index in [-0.39, 0.29) is 18.6 Å². The number of anilines is 1. The number of nitrogens with one attached hydrogen (secondary N) is 1. The SMILES string of the molecule is CNc1cncc([C@H]2CCCN2C(=O)COc2cccc(F)c2)n1. The van der Waals surface area contributed by atoms with Crippen LogP contribution >= 0.6 is 0 Å². The molecule has 7 heteroatoms. The number of hydrogen-bond acceptors (Lipinski definition) is 5. The van der Waals surface area contributed by atoms with Gasteiger partial charge in [0.05, 0.1) is 24.1 Å². The standard InChI is InChI=1S/C17H19FN4O2/c1-19-16-10-20-9-14(21-16)15-6-3-7-22(15)17(23)11-24-13-5-2-4-12(18)8-13/h2,4-5,8-10,15H,3,6-7,11H2,1H3,(H,19,21)/t15-/m1/s1. The molecule has 0 radical (unpaired) electrons. The third-order valence-electron chi connectivity index (χ3n) is 3.98. The Labute approximate surface area is 139 Å². The minimum atomic E-state index is -0.391. The highest BCUT2D eigenvalue weighted by molar-refractivity contribution is 5.78. The Morgan fingerprint density at radius 3 is 3.12 bits per heavy atom. The number of carbonyl (C=O) groups excluding carboxylic acids is 1. The van der Waals surface area contributed by atoms with E-state index in [2.05, 4.69) is 15.3 Å². The first-order chi connectivity index (χ1) is 11.7. The third-order valence-corrected chi connectivity index (χ3v) is 3.98. The van der Waals surface area contributed by atoms with E-state index in [0.717, 1.165) is 18.5 Å². The van der Waals surface area contributed by atoms with Gasteiger partial charge in [-0.3, -0.25) is 9.78 Å². The van der Waals surface area contributed by atoms with Gasteiger partial charge in [-0.1, -0.05) is 6.07 Å². The first kappa shape index (κ1) is 16.2. The van der Waals surface area contributed by atoms with Gasteiger partial charge in [0.15, 0.2) is 6.61 Å². The lowest BCUT2D eigenvalue weighted by atomic mass is 10.1. The maximum Gasteiger partial charge on any atom is 0.261 e. The molecular formula is C17H19FN4O2. The van der Waals surface area contributed by atoms with E-state index in [1.54, 1.807) is 36.5 Å². The van der Waals surface area contributed by atoms with Crippen LogP contribution in [0, 0.1) is 5.82 Å². The summed E-state index contributed by atoms with van der Waals surface area (Å²) >= 11 is 0. The molecule has 1 saturated heterocycles. The largest absolute Gasteiger partial charge is 0.484 e. The molecule has 1 fully saturated rings. The molecule has 1 aromatic carbocycles. The van der Waals surface area contributed by atoms with Crippen LogP contribution in [0.3, 0.4) is 0 Å². The Hall–Kier alpha value is -2.70. The number of benzene rings is 1. The Morgan fingerprint density at radius 1 is 1.46 bits per heavy atom. The van der Waals surface area contributed by atoms with E-state index in [9.17, 15) is 9.18 Å². The number of nitrogens with zero attached hydrogens (tertiary/aromatic N) is 3. The molecule has 1 N–H and O–H groups in total. The van der Waals surface area contributed by atoms with Crippen LogP contribution in [-0.2, 0) is 4.79 Å². The van der Waals surface area contributed by atoms with Crippen molar-refractivity contribution in [1.82, 2.24) is 14.9 Å². The quantitative estimate of drug-likeness (QED) is 0.912. The molecule has 1 amide bonds. The minimum absolute atomic E-state index is 0.102. The van der Waals surface area contributed by atoms with Gasteiger partial charge in [0.2, 0.25) is 0 Å². The Morgan fingerprint density at radius 2 is 2.33 bits per heavy atom. The van der Waals surface area contributed by atoms with Crippen LogP contribution in [-0.4, -0.2) is 41.0 Å². The van der Waals surface area contributed by atoms with Crippen LogP contribution in [0.25, 0.3) is 0 Å². The van der Waals surface area contributed by atoms with Crippen molar-refractivity contribution >= 4 is 11.7 Å². The maximum atomic E-state index is 13.2. The summed E-state index contributed by atoms with van der Waals surface area (Å²) in [5, 5.41) is 2.95. The zero-order chi connectivity index (χ0) is 16.9. The van der Waals surface area contributed by atoms with Crippen molar-refractivity contribution in [2.24, 2.45) is 0 Å². The highest BCUT2D eigenvalue weighted by atomic mass is 19.1. The van der Waals surface area contributed by atoms with Crippen LogP contribution in [0.15, 0.2) is 36.7 Å². The lowest BCUT2D eigenvalue weighted by Crippen LogP contribution is -2.34. The lowest BCUT2D eigenvalue weighted by molar-refractivity contribution is -0.134. The van der Waals surface area contributed by atoms with Crippen molar-refractivity contribution < 1.29 is 13.9 Å². The molecule has 0 aliphatic carbocycles. The van der Waals surface area contributed by atoms with Crippen molar-refractivity contribution in [2.75, 3.05) is 25.5 Å². The molecule has 1 atom stereocenters. The highest BCUT2D eigenvalue weighted by Gasteiger charge is 2.31. The Bertz CT molecular complexity index is 725. The fourth-order valence-corrected chi connectivity index (χ4v) is 2.82. The van der Waals surface area contributed by atoms with E-state index in [1.165, 1.54) is 12.1 Å². The second-order valence-corrected chi connectivity index (χ2v) is 5.57. The molecule has 0 saturated carbocycles. The lowest BCUT2D eigenvalue weighted by Gasteiger charge is -2.24. The predicted octanol–water partition coefficient (Wildman–Crippen LogP) is 2.40. The van der Waals surface area contributed by atoms with Gasteiger partial charge in [-0.05, 0) is 25.0 Å². The number of amides is 1. The molecule has 24 heavy (non-hydrogen) atoms. The van der Waals surface area contributed by atoms with Crippen molar-refractivity contribution in [1.29, 1.82) is 0 Å². The fraction of sp³-hybridized carbons (Fsp3) is 0.353. The summed E-state index contributed by atoms with van der Waals surface area (Å²) in [5.74, 6) is 0.482. The van der Waals surface area contributed by atoms with E-state index in [0.29, 0.717) is 18.1 Å². The Balaban J connectivity index is 1.67. The summed E-state index contributed by atoms with van der Waals surface area (Å²) in [6.07, 6.45) is 5.07. The molecule has 6 nitrogen and oxygen atoms in total. The number of hydrogen-bond donors (Lipinski definition) is 1. The molecule has 1 aliphatic heterocycles. The molecule has 1 aromatic heterocycles. The summed E-state index contributed by atoms with van der Waals surface area (Å²) in [6.45, 7) is 0.528. The summed E-state index contributed by atoms with van der Waals surface area (Å²) < 4.78 is 18.6. The molecule has 2 aromatic rings. The number of likely N-dealkylation sites (tertiary alicyclic amines) is 1. The maximum absolute atomic E-state index is 13.2. The zero-order valence-electron chi connectivity index (χ0n) is 13.4. The van der Waals surface area contributed by atoms with Gasteiger partial charge in [-0.15, -0.1) is 0 Å². The minimum Gasteiger partial charge on any atom is -0.484 e. The van der Waals surface area contributed by atoms with Crippen LogP contribution in [0.5, 0.6) is 5.75 Å². The predicted molar refractivity (Wildman–Crippen MR) is 87.2 cm³/mol. The number of halogens is 1. The van der Waals surface area contributed by atoms with Gasteiger partial charge in [-0.2, -0.15) is 0 Å². The summed E-state index contributed by atoms with van der Waals surface area (Å²) in [7, 11) is 1.78. The normalized spacial score (nSPS) is 16.9. The molecule has 0 unspecified atom stereocenters. The topological polar surface area (TPSA) is 67.4 Å². The van der Waals surface area contributed by atoms with Gasteiger partial charge >= 0.3 is 0 Å². The number of aromatic nitrogens is 2. The van der Waals surface area contributed by atoms with Crippen LogP contribution in [0.4, 0.5) is 10.2 Å². The van der Waals surface area contributed by atoms with E-state index < -0.39 is 5.82 Å². The zero-order valence-corrected chi connectivity index (χ0v) is 13.4. The average Bonchev–Trinajstić information content (AvgIpc) is 3.09. The molecule has 2 heterocycles.